The summed E-state index contributed by atoms with van der Waals surface area (Å²) in [6.45, 7) is 3.59. The number of ether oxygens (including phenoxy) is 2. The lowest BCUT2D eigenvalue weighted by Gasteiger charge is -2.14. The molecule has 1 atom stereocenters. The molecule has 66 valence electrons. The van der Waals surface area contributed by atoms with Gasteiger partial charge in [-0.15, -0.1) is 0 Å². The third-order valence-electron chi connectivity index (χ3n) is 1.85. The van der Waals surface area contributed by atoms with E-state index in [0.29, 0.717) is 0 Å². The second-order valence-corrected chi connectivity index (χ2v) is 2.96. The fraction of sp³-hybridized carbons (Fsp3) is 1.00. The normalized spacial score (nSPS) is 22.4. The largest absolute Gasteiger partial charge is 0.350 e. The first-order valence-electron chi connectivity index (χ1n) is 4.31. The van der Waals surface area contributed by atoms with Gasteiger partial charge in [0, 0.05) is 12.5 Å². The highest BCUT2D eigenvalue weighted by Crippen LogP contribution is 2.11. The number of hydrogen-bond donors (Lipinski definition) is 1. The van der Waals surface area contributed by atoms with Crippen LogP contribution in [0.3, 0.4) is 0 Å². The topological polar surface area (TPSA) is 44.5 Å². The van der Waals surface area contributed by atoms with Gasteiger partial charge in [-0.2, -0.15) is 0 Å². The van der Waals surface area contributed by atoms with Crippen LogP contribution in [0, 0.1) is 0 Å². The molecule has 1 unspecified atom stereocenters. The lowest BCUT2D eigenvalue weighted by molar-refractivity contribution is -0.0509. The molecule has 1 aliphatic rings. The first kappa shape index (κ1) is 8.97. The van der Waals surface area contributed by atoms with Crippen molar-refractivity contribution in [2.24, 2.45) is 5.73 Å². The highest BCUT2D eigenvalue weighted by atomic mass is 16.7. The van der Waals surface area contributed by atoms with Gasteiger partial charge in [0.1, 0.15) is 0 Å². The molecule has 0 spiro atoms. The molecule has 0 radical (unpaired) electrons. The van der Waals surface area contributed by atoms with E-state index in [4.69, 9.17) is 15.2 Å². The van der Waals surface area contributed by atoms with Crippen LogP contribution in [-0.4, -0.2) is 25.5 Å². The Bertz CT molecular complexity index is 102. The molecule has 0 amide bonds. The molecule has 0 aromatic carbocycles. The summed E-state index contributed by atoms with van der Waals surface area (Å²) in [6, 6.07) is 0.239. The lowest BCUT2D eigenvalue weighted by atomic mass is 10.1. The Morgan fingerprint density at radius 2 is 2.09 bits per heavy atom. The first-order chi connectivity index (χ1) is 5.33. The van der Waals surface area contributed by atoms with Gasteiger partial charge in [-0.3, -0.25) is 0 Å². The average molecular weight is 159 g/mol. The highest BCUT2D eigenvalue weighted by Gasteiger charge is 2.18. The molecule has 1 fully saturated rings. The van der Waals surface area contributed by atoms with Gasteiger partial charge in [0.25, 0.3) is 0 Å². The summed E-state index contributed by atoms with van der Waals surface area (Å²) in [6.07, 6.45) is 3.00. The Labute approximate surface area is 67.9 Å². The van der Waals surface area contributed by atoms with Crippen molar-refractivity contribution in [1.29, 1.82) is 0 Å². The van der Waals surface area contributed by atoms with Crippen LogP contribution in [0.15, 0.2) is 0 Å². The molecule has 0 saturated carbocycles. The molecule has 2 N–H and O–H groups in total. The van der Waals surface area contributed by atoms with Crippen LogP contribution >= 0.6 is 0 Å². The van der Waals surface area contributed by atoms with Crippen LogP contribution in [0.5, 0.6) is 0 Å². The Balaban J connectivity index is 2.08. The van der Waals surface area contributed by atoms with E-state index < -0.39 is 0 Å². The zero-order valence-corrected chi connectivity index (χ0v) is 7.08. The van der Waals surface area contributed by atoms with Gasteiger partial charge < -0.3 is 15.2 Å². The van der Waals surface area contributed by atoms with Crippen LogP contribution < -0.4 is 5.73 Å². The number of rotatable bonds is 4. The highest BCUT2D eigenvalue weighted by molar-refractivity contribution is 4.64. The second-order valence-electron chi connectivity index (χ2n) is 2.96. The van der Waals surface area contributed by atoms with Crippen molar-refractivity contribution in [3.8, 4) is 0 Å². The Hall–Kier alpha value is -0.120. The SMILES string of the molecule is CCCC(N)CC1OCCO1. The third kappa shape index (κ3) is 3.18. The predicted molar refractivity (Wildman–Crippen MR) is 43.2 cm³/mol. The molecule has 1 aliphatic heterocycles. The summed E-state index contributed by atoms with van der Waals surface area (Å²) in [5.41, 5.74) is 5.80. The predicted octanol–water partition coefficient (Wildman–Crippen LogP) is 0.877. The van der Waals surface area contributed by atoms with Crippen molar-refractivity contribution in [3.63, 3.8) is 0 Å². The molecular formula is C8H17NO2. The van der Waals surface area contributed by atoms with Crippen molar-refractivity contribution in [3.05, 3.63) is 0 Å². The van der Waals surface area contributed by atoms with Gasteiger partial charge >= 0.3 is 0 Å². The monoisotopic (exact) mass is 159 g/mol. The zero-order valence-electron chi connectivity index (χ0n) is 7.08. The minimum atomic E-state index is -0.0310. The minimum absolute atomic E-state index is 0.0310. The van der Waals surface area contributed by atoms with Crippen molar-refractivity contribution >= 4 is 0 Å². The summed E-state index contributed by atoms with van der Waals surface area (Å²) in [7, 11) is 0. The zero-order chi connectivity index (χ0) is 8.10. The first-order valence-corrected chi connectivity index (χ1v) is 4.31. The summed E-state index contributed by atoms with van der Waals surface area (Å²) in [4.78, 5) is 0. The summed E-state index contributed by atoms with van der Waals surface area (Å²) < 4.78 is 10.5. The molecule has 3 nitrogen and oxygen atoms in total. The van der Waals surface area contributed by atoms with Crippen LogP contribution in [0.25, 0.3) is 0 Å². The van der Waals surface area contributed by atoms with E-state index >= 15 is 0 Å². The maximum absolute atomic E-state index is 5.80. The Kier molecular flexibility index (Phi) is 3.83. The van der Waals surface area contributed by atoms with Crippen LogP contribution in [-0.2, 0) is 9.47 Å². The van der Waals surface area contributed by atoms with Crippen molar-refractivity contribution in [2.75, 3.05) is 13.2 Å². The number of hydrogen-bond acceptors (Lipinski definition) is 3. The third-order valence-corrected chi connectivity index (χ3v) is 1.85. The fourth-order valence-corrected chi connectivity index (χ4v) is 1.28. The van der Waals surface area contributed by atoms with Crippen molar-refractivity contribution in [1.82, 2.24) is 0 Å². The molecule has 0 aromatic heterocycles. The van der Waals surface area contributed by atoms with E-state index in [0.717, 1.165) is 32.5 Å². The molecule has 0 aromatic rings. The van der Waals surface area contributed by atoms with E-state index in [1.54, 1.807) is 0 Å². The van der Waals surface area contributed by atoms with Crippen molar-refractivity contribution < 1.29 is 9.47 Å². The molecule has 1 heterocycles. The van der Waals surface area contributed by atoms with E-state index in [1.165, 1.54) is 0 Å². The van der Waals surface area contributed by atoms with Crippen molar-refractivity contribution in [2.45, 2.75) is 38.5 Å². The van der Waals surface area contributed by atoms with Gasteiger partial charge in [0.05, 0.1) is 13.2 Å². The molecule has 1 saturated heterocycles. The number of nitrogens with two attached hydrogens (primary N) is 1. The molecular weight excluding hydrogens is 142 g/mol. The fourth-order valence-electron chi connectivity index (χ4n) is 1.28. The maximum atomic E-state index is 5.80. The standard InChI is InChI=1S/C8H17NO2/c1-2-3-7(9)6-8-10-4-5-11-8/h7-8H,2-6,9H2,1H3. The Morgan fingerprint density at radius 1 is 1.45 bits per heavy atom. The van der Waals surface area contributed by atoms with Gasteiger partial charge in [0.15, 0.2) is 6.29 Å². The summed E-state index contributed by atoms with van der Waals surface area (Å²) in [5.74, 6) is 0. The minimum Gasteiger partial charge on any atom is -0.350 e. The smallest absolute Gasteiger partial charge is 0.159 e. The van der Waals surface area contributed by atoms with Gasteiger partial charge in [-0.05, 0) is 6.42 Å². The van der Waals surface area contributed by atoms with Crippen LogP contribution in [0.1, 0.15) is 26.2 Å². The van der Waals surface area contributed by atoms with E-state index in [9.17, 15) is 0 Å². The molecule has 0 bridgehead atoms. The van der Waals surface area contributed by atoms with Gasteiger partial charge in [-0.1, -0.05) is 13.3 Å². The van der Waals surface area contributed by atoms with E-state index in [1.807, 2.05) is 0 Å². The molecule has 3 heteroatoms. The van der Waals surface area contributed by atoms with Gasteiger partial charge in [0.2, 0.25) is 0 Å². The summed E-state index contributed by atoms with van der Waals surface area (Å²) in [5, 5.41) is 0. The quantitative estimate of drug-likeness (QED) is 0.662. The summed E-state index contributed by atoms with van der Waals surface area (Å²) >= 11 is 0. The molecule has 0 aliphatic carbocycles. The van der Waals surface area contributed by atoms with Crippen LogP contribution in [0.2, 0.25) is 0 Å². The van der Waals surface area contributed by atoms with Gasteiger partial charge in [-0.25, -0.2) is 0 Å². The van der Waals surface area contributed by atoms with Crippen LogP contribution in [0.4, 0.5) is 0 Å². The maximum Gasteiger partial charge on any atom is 0.159 e. The Morgan fingerprint density at radius 3 is 2.64 bits per heavy atom. The second kappa shape index (κ2) is 4.70. The van der Waals surface area contributed by atoms with E-state index in [-0.39, 0.29) is 12.3 Å². The average Bonchev–Trinajstić information content (AvgIpc) is 2.40. The molecule has 1 rings (SSSR count). The lowest BCUT2D eigenvalue weighted by Crippen LogP contribution is -2.26. The molecule has 11 heavy (non-hydrogen) atoms. The van der Waals surface area contributed by atoms with E-state index in [2.05, 4.69) is 6.92 Å².